The number of nitrogens with zero attached hydrogens (tertiary/aromatic N) is 2. The van der Waals surface area contributed by atoms with Crippen LogP contribution in [0.2, 0.25) is 0 Å². The van der Waals surface area contributed by atoms with E-state index in [9.17, 15) is 4.79 Å². The van der Waals surface area contributed by atoms with Crippen molar-refractivity contribution < 1.29 is 4.79 Å². The van der Waals surface area contributed by atoms with Gasteiger partial charge in [0.2, 0.25) is 5.91 Å². The number of thiazole rings is 1. The molecule has 5 heteroatoms. The Balaban J connectivity index is 1.39. The van der Waals surface area contributed by atoms with Gasteiger partial charge in [-0.3, -0.25) is 9.69 Å². The van der Waals surface area contributed by atoms with Gasteiger partial charge in [0.15, 0.2) is 0 Å². The summed E-state index contributed by atoms with van der Waals surface area (Å²) in [5, 5.41) is 5.11. The summed E-state index contributed by atoms with van der Waals surface area (Å²) in [5.74, 6) is 0.977. The minimum Gasteiger partial charge on any atom is -0.325 e. The molecule has 2 heterocycles. The van der Waals surface area contributed by atoms with E-state index in [-0.39, 0.29) is 11.9 Å². The van der Waals surface area contributed by atoms with Crippen molar-refractivity contribution in [1.82, 2.24) is 9.88 Å². The van der Waals surface area contributed by atoms with E-state index in [1.165, 1.54) is 12.8 Å². The molecule has 23 heavy (non-hydrogen) atoms. The molecular formula is C18H21N3OS. The third kappa shape index (κ3) is 3.46. The van der Waals surface area contributed by atoms with Gasteiger partial charge in [0.25, 0.3) is 0 Å². The molecule has 1 saturated heterocycles. The molecule has 1 atom stereocenters. The Morgan fingerprint density at radius 3 is 2.78 bits per heavy atom. The van der Waals surface area contributed by atoms with E-state index in [4.69, 9.17) is 0 Å². The van der Waals surface area contributed by atoms with Crippen molar-refractivity contribution in [2.45, 2.75) is 31.7 Å². The van der Waals surface area contributed by atoms with Crippen LogP contribution in [0.4, 0.5) is 5.69 Å². The standard InChI is InChI=1S/C18H21N3OS/c22-18(17-2-1-9-21(17)10-13-3-4-13)20-15-7-5-14(6-8-15)16-11-23-12-19-16/h5-8,11-13,17H,1-4,9-10H2,(H,20,22)/t17-/m0/s1. The van der Waals surface area contributed by atoms with Crippen LogP contribution in [0.25, 0.3) is 11.3 Å². The first kappa shape index (κ1) is 14.8. The largest absolute Gasteiger partial charge is 0.325 e. The van der Waals surface area contributed by atoms with Gasteiger partial charge in [0.05, 0.1) is 17.2 Å². The zero-order valence-electron chi connectivity index (χ0n) is 13.1. The van der Waals surface area contributed by atoms with Crippen LogP contribution in [-0.4, -0.2) is 34.9 Å². The van der Waals surface area contributed by atoms with Crippen molar-refractivity contribution in [3.8, 4) is 11.3 Å². The zero-order chi connectivity index (χ0) is 15.6. The van der Waals surface area contributed by atoms with Gasteiger partial charge in [-0.05, 0) is 50.3 Å². The van der Waals surface area contributed by atoms with Gasteiger partial charge < -0.3 is 5.32 Å². The lowest BCUT2D eigenvalue weighted by Gasteiger charge is -2.23. The van der Waals surface area contributed by atoms with Crippen molar-refractivity contribution in [3.63, 3.8) is 0 Å². The molecule has 0 unspecified atom stereocenters. The number of hydrogen-bond donors (Lipinski definition) is 1. The van der Waals surface area contributed by atoms with E-state index >= 15 is 0 Å². The van der Waals surface area contributed by atoms with Crippen molar-refractivity contribution in [1.29, 1.82) is 0 Å². The lowest BCUT2D eigenvalue weighted by Crippen LogP contribution is -2.40. The lowest BCUT2D eigenvalue weighted by atomic mass is 10.1. The second-order valence-electron chi connectivity index (χ2n) is 6.54. The lowest BCUT2D eigenvalue weighted by molar-refractivity contribution is -0.120. The minimum atomic E-state index is 0.0498. The fourth-order valence-corrected chi connectivity index (χ4v) is 3.84. The second-order valence-corrected chi connectivity index (χ2v) is 7.26. The quantitative estimate of drug-likeness (QED) is 0.912. The van der Waals surface area contributed by atoms with Crippen LogP contribution in [0.3, 0.4) is 0 Å². The Kier molecular flexibility index (Phi) is 4.14. The van der Waals surface area contributed by atoms with Crippen LogP contribution in [-0.2, 0) is 4.79 Å². The first-order valence-electron chi connectivity index (χ1n) is 8.33. The molecule has 0 bridgehead atoms. The molecule has 1 aliphatic carbocycles. The average Bonchev–Trinajstić information content (AvgIpc) is 3.04. The average molecular weight is 327 g/mol. The molecule has 1 N–H and O–H groups in total. The summed E-state index contributed by atoms with van der Waals surface area (Å²) in [5.41, 5.74) is 4.77. The van der Waals surface area contributed by atoms with E-state index in [1.807, 2.05) is 35.2 Å². The van der Waals surface area contributed by atoms with Crippen molar-refractivity contribution in [2.75, 3.05) is 18.4 Å². The Bertz CT molecular complexity index is 664. The highest BCUT2D eigenvalue weighted by atomic mass is 32.1. The fraction of sp³-hybridized carbons (Fsp3) is 0.444. The number of carbonyl (C=O) groups excluding carboxylic acids is 1. The molecule has 1 aromatic carbocycles. The summed E-state index contributed by atoms with van der Waals surface area (Å²) in [7, 11) is 0. The topological polar surface area (TPSA) is 45.2 Å². The predicted octanol–water partition coefficient (Wildman–Crippen LogP) is 3.62. The van der Waals surface area contributed by atoms with Crippen LogP contribution in [0.1, 0.15) is 25.7 Å². The number of hydrogen-bond acceptors (Lipinski definition) is 4. The highest BCUT2D eigenvalue weighted by Gasteiger charge is 2.34. The summed E-state index contributed by atoms with van der Waals surface area (Å²) < 4.78 is 0. The van der Waals surface area contributed by atoms with E-state index in [0.717, 1.165) is 48.8 Å². The fourth-order valence-electron chi connectivity index (χ4n) is 3.28. The summed E-state index contributed by atoms with van der Waals surface area (Å²) in [4.78, 5) is 19.3. The number of likely N-dealkylation sites (tertiary alicyclic amines) is 1. The first-order chi connectivity index (χ1) is 11.3. The number of rotatable bonds is 5. The molecule has 0 radical (unpaired) electrons. The van der Waals surface area contributed by atoms with Gasteiger partial charge in [0, 0.05) is 23.2 Å². The molecule has 2 aliphatic rings. The number of anilines is 1. The normalized spacial score (nSPS) is 21.5. The minimum absolute atomic E-state index is 0.0498. The van der Waals surface area contributed by atoms with Gasteiger partial charge in [-0.2, -0.15) is 0 Å². The molecule has 1 saturated carbocycles. The van der Waals surface area contributed by atoms with Gasteiger partial charge in [-0.1, -0.05) is 12.1 Å². The summed E-state index contributed by atoms with van der Waals surface area (Å²) >= 11 is 1.59. The van der Waals surface area contributed by atoms with Crippen LogP contribution in [0.15, 0.2) is 35.2 Å². The molecule has 0 spiro atoms. The van der Waals surface area contributed by atoms with Crippen LogP contribution in [0.5, 0.6) is 0 Å². The molecule has 2 fully saturated rings. The molecule has 4 rings (SSSR count). The summed E-state index contributed by atoms with van der Waals surface area (Å²) in [6.45, 7) is 2.16. The number of aromatic nitrogens is 1. The van der Waals surface area contributed by atoms with Crippen molar-refractivity contribution >= 4 is 22.9 Å². The number of amides is 1. The smallest absolute Gasteiger partial charge is 0.241 e. The second kappa shape index (κ2) is 6.42. The Morgan fingerprint density at radius 1 is 1.26 bits per heavy atom. The van der Waals surface area contributed by atoms with Crippen molar-refractivity contribution in [2.24, 2.45) is 5.92 Å². The van der Waals surface area contributed by atoms with Crippen LogP contribution >= 0.6 is 11.3 Å². The molecule has 120 valence electrons. The number of carbonyl (C=O) groups is 1. The SMILES string of the molecule is O=C(Nc1ccc(-c2cscn2)cc1)[C@@H]1CCCN1CC1CC1. The monoisotopic (exact) mass is 327 g/mol. The summed E-state index contributed by atoms with van der Waals surface area (Å²) in [6.07, 6.45) is 4.79. The maximum atomic E-state index is 12.6. The van der Waals surface area contributed by atoms with Gasteiger partial charge >= 0.3 is 0 Å². The van der Waals surface area contributed by atoms with E-state index in [0.29, 0.717) is 0 Å². The number of nitrogens with one attached hydrogen (secondary N) is 1. The highest BCUT2D eigenvalue weighted by Crippen LogP contribution is 2.32. The van der Waals surface area contributed by atoms with E-state index < -0.39 is 0 Å². The number of benzene rings is 1. The maximum absolute atomic E-state index is 12.6. The van der Waals surface area contributed by atoms with Crippen LogP contribution < -0.4 is 5.32 Å². The summed E-state index contributed by atoms with van der Waals surface area (Å²) in [6, 6.07) is 8.01. The van der Waals surface area contributed by atoms with Gasteiger partial charge in [-0.15, -0.1) is 11.3 Å². The molecule has 1 amide bonds. The Hall–Kier alpha value is -1.72. The third-order valence-corrected chi connectivity index (χ3v) is 5.32. The molecular weight excluding hydrogens is 306 g/mol. The van der Waals surface area contributed by atoms with E-state index in [1.54, 1.807) is 11.3 Å². The third-order valence-electron chi connectivity index (χ3n) is 4.74. The molecule has 2 aromatic rings. The Morgan fingerprint density at radius 2 is 2.09 bits per heavy atom. The first-order valence-corrected chi connectivity index (χ1v) is 9.27. The Labute approximate surface area is 140 Å². The molecule has 1 aliphatic heterocycles. The van der Waals surface area contributed by atoms with Gasteiger partial charge in [-0.25, -0.2) is 4.98 Å². The predicted molar refractivity (Wildman–Crippen MR) is 93.5 cm³/mol. The van der Waals surface area contributed by atoms with E-state index in [2.05, 4.69) is 15.2 Å². The molecule has 4 nitrogen and oxygen atoms in total. The van der Waals surface area contributed by atoms with Crippen LogP contribution in [0, 0.1) is 5.92 Å². The van der Waals surface area contributed by atoms with Gasteiger partial charge in [0.1, 0.15) is 0 Å². The highest BCUT2D eigenvalue weighted by molar-refractivity contribution is 7.07. The van der Waals surface area contributed by atoms with Crippen molar-refractivity contribution in [3.05, 3.63) is 35.2 Å². The maximum Gasteiger partial charge on any atom is 0.241 e. The zero-order valence-corrected chi connectivity index (χ0v) is 13.9. The molecule has 1 aromatic heterocycles.